The molecular weight excluding hydrogens is 272 g/mol. The van der Waals surface area contributed by atoms with E-state index in [0.717, 1.165) is 11.4 Å². The maximum atomic E-state index is 5.82. The summed E-state index contributed by atoms with van der Waals surface area (Å²) in [6.07, 6.45) is 1.20. The predicted octanol–water partition coefficient (Wildman–Crippen LogP) is 4.30. The first kappa shape index (κ1) is 14.6. The molecule has 0 amide bonds. The molecule has 2 rings (SSSR count). The average Bonchev–Trinajstić information content (AvgIpc) is 2.89. The topological polar surface area (TPSA) is 38.9 Å². The van der Waals surface area contributed by atoms with Crippen molar-refractivity contribution in [3.8, 4) is 10.4 Å². The lowest BCUT2D eigenvalue weighted by Crippen LogP contribution is -1.99. The third-order valence-corrected chi connectivity index (χ3v) is 5.71. The van der Waals surface area contributed by atoms with Gasteiger partial charge < -0.3 is 5.73 Å². The van der Waals surface area contributed by atoms with Gasteiger partial charge in [0.15, 0.2) is 0 Å². The molecule has 1 atom stereocenters. The third kappa shape index (κ3) is 3.81. The van der Waals surface area contributed by atoms with Gasteiger partial charge in [0.25, 0.3) is 0 Å². The fourth-order valence-corrected chi connectivity index (χ4v) is 3.81. The first-order valence-corrected chi connectivity index (χ1v) is 8.46. The van der Waals surface area contributed by atoms with Gasteiger partial charge in [-0.2, -0.15) is 11.8 Å². The molecule has 0 saturated carbocycles. The van der Waals surface area contributed by atoms with Crippen LogP contribution in [0, 0.1) is 0 Å². The lowest BCUT2D eigenvalue weighted by Gasteiger charge is -2.05. The van der Waals surface area contributed by atoms with Gasteiger partial charge in [0.05, 0.1) is 10.6 Å². The molecule has 102 valence electrons. The minimum Gasteiger partial charge on any atom is -0.325 e. The lowest BCUT2D eigenvalue weighted by atomic mass is 10.1. The summed E-state index contributed by atoms with van der Waals surface area (Å²) in [6.45, 7) is 5.00. The Morgan fingerprint density at radius 1 is 1.32 bits per heavy atom. The number of thiazole rings is 1. The molecule has 0 spiro atoms. The first-order chi connectivity index (χ1) is 9.24. The predicted molar refractivity (Wildman–Crippen MR) is 86.5 cm³/mol. The summed E-state index contributed by atoms with van der Waals surface area (Å²) in [7, 11) is 0. The molecule has 1 unspecified atom stereocenters. The molecule has 0 bridgehead atoms. The smallest absolute Gasteiger partial charge is 0.103 e. The van der Waals surface area contributed by atoms with E-state index in [4.69, 9.17) is 5.73 Å². The second kappa shape index (κ2) is 7.08. The van der Waals surface area contributed by atoms with E-state index in [0.29, 0.717) is 11.8 Å². The fourth-order valence-electron chi connectivity index (χ4n) is 1.75. The highest BCUT2D eigenvalue weighted by Gasteiger charge is 2.12. The van der Waals surface area contributed by atoms with Crippen LogP contribution in [-0.2, 0) is 12.3 Å². The van der Waals surface area contributed by atoms with E-state index in [9.17, 15) is 0 Å². The van der Waals surface area contributed by atoms with Crippen molar-refractivity contribution in [3.63, 3.8) is 0 Å². The van der Waals surface area contributed by atoms with Crippen LogP contribution in [0.25, 0.3) is 10.4 Å². The van der Waals surface area contributed by atoms with Crippen molar-refractivity contribution >= 4 is 23.1 Å². The summed E-state index contributed by atoms with van der Waals surface area (Å²) in [4.78, 5) is 5.91. The maximum absolute atomic E-state index is 5.82. The van der Waals surface area contributed by atoms with Crippen molar-refractivity contribution in [1.29, 1.82) is 0 Å². The Morgan fingerprint density at radius 2 is 2.05 bits per heavy atom. The molecule has 19 heavy (non-hydrogen) atoms. The Hall–Kier alpha value is -0.840. The standard InChI is InChI=1S/C15H20N2S2/c1-3-11(2)18-10-14-17-13(9-16)15(19-14)12-7-5-4-6-8-12/h4-8,11H,3,9-10,16H2,1-2H3. The molecule has 1 aromatic carbocycles. The van der Waals surface area contributed by atoms with Gasteiger partial charge in [-0.25, -0.2) is 4.98 Å². The van der Waals surface area contributed by atoms with Crippen molar-refractivity contribution in [2.45, 2.75) is 37.8 Å². The Kier molecular flexibility index (Phi) is 5.43. The summed E-state index contributed by atoms with van der Waals surface area (Å²) < 4.78 is 0. The van der Waals surface area contributed by atoms with Crippen LogP contribution in [-0.4, -0.2) is 10.2 Å². The maximum Gasteiger partial charge on any atom is 0.103 e. The average molecular weight is 292 g/mol. The second-order valence-electron chi connectivity index (χ2n) is 4.48. The summed E-state index contributed by atoms with van der Waals surface area (Å²) in [5.41, 5.74) is 8.07. The zero-order valence-electron chi connectivity index (χ0n) is 11.4. The van der Waals surface area contributed by atoms with E-state index in [2.05, 4.69) is 43.1 Å². The number of thioether (sulfide) groups is 1. The zero-order chi connectivity index (χ0) is 13.7. The van der Waals surface area contributed by atoms with Crippen molar-refractivity contribution < 1.29 is 0 Å². The normalized spacial score (nSPS) is 12.6. The number of aromatic nitrogens is 1. The highest BCUT2D eigenvalue weighted by molar-refractivity contribution is 7.99. The molecule has 2 nitrogen and oxygen atoms in total. The van der Waals surface area contributed by atoms with Gasteiger partial charge in [-0.1, -0.05) is 44.2 Å². The summed E-state index contributed by atoms with van der Waals surface area (Å²) in [5, 5.41) is 1.87. The Morgan fingerprint density at radius 3 is 2.68 bits per heavy atom. The summed E-state index contributed by atoms with van der Waals surface area (Å²) in [5.74, 6) is 0.986. The lowest BCUT2D eigenvalue weighted by molar-refractivity contribution is 0.904. The number of hydrogen-bond acceptors (Lipinski definition) is 4. The van der Waals surface area contributed by atoms with Gasteiger partial charge in [0, 0.05) is 17.5 Å². The molecule has 0 saturated heterocycles. The third-order valence-electron chi connectivity index (χ3n) is 3.04. The number of hydrogen-bond donors (Lipinski definition) is 1. The molecule has 0 radical (unpaired) electrons. The molecule has 4 heteroatoms. The van der Waals surface area contributed by atoms with Crippen LogP contribution < -0.4 is 5.73 Å². The van der Waals surface area contributed by atoms with Crippen LogP contribution >= 0.6 is 23.1 Å². The van der Waals surface area contributed by atoms with E-state index >= 15 is 0 Å². The summed E-state index contributed by atoms with van der Waals surface area (Å²) >= 11 is 3.74. The van der Waals surface area contributed by atoms with Crippen LogP contribution in [0.5, 0.6) is 0 Å². The van der Waals surface area contributed by atoms with Gasteiger partial charge in [0.1, 0.15) is 5.01 Å². The van der Waals surface area contributed by atoms with E-state index in [1.165, 1.54) is 21.9 Å². The van der Waals surface area contributed by atoms with Gasteiger partial charge in [-0.15, -0.1) is 11.3 Å². The number of benzene rings is 1. The molecular formula is C15H20N2S2. The van der Waals surface area contributed by atoms with Crippen LogP contribution in [0.15, 0.2) is 30.3 Å². The SMILES string of the molecule is CCC(C)SCc1nc(CN)c(-c2ccccc2)s1. The fraction of sp³-hybridized carbons (Fsp3) is 0.400. The molecule has 2 aromatic rings. The molecule has 1 aromatic heterocycles. The van der Waals surface area contributed by atoms with Crippen LogP contribution in [0.2, 0.25) is 0 Å². The number of rotatable bonds is 6. The quantitative estimate of drug-likeness (QED) is 0.862. The molecule has 0 aliphatic heterocycles. The van der Waals surface area contributed by atoms with Gasteiger partial charge >= 0.3 is 0 Å². The van der Waals surface area contributed by atoms with E-state index in [1.807, 2.05) is 17.8 Å². The van der Waals surface area contributed by atoms with Crippen molar-refractivity contribution in [2.75, 3.05) is 0 Å². The summed E-state index contributed by atoms with van der Waals surface area (Å²) in [6, 6.07) is 10.4. The molecule has 2 N–H and O–H groups in total. The number of nitrogens with two attached hydrogens (primary N) is 1. The van der Waals surface area contributed by atoms with E-state index in [1.54, 1.807) is 11.3 Å². The highest BCUT2D eigenvalue weighted by atomic mass is 32.2. The van der Waals surface area contributed by atoms with Gasteiger partial charge in [-0.05, 0) is 12.0 Å². The minimum atomic E-state index is 0.509. The Balaban J connectivity index is 2.18. The largest absolute Gasteiger partial charge is 0.325 e. The van der Waals surface area contributed by atoms with Gasteiger partial charge in [0.2, 0.25) is 0 Å². The molecule has 0 fully saturated rings. The van der Waals surface area contributed by atoms with E-state index < -0.39 is 0 Å². The Bertz CT molecular complexity index is 508. The number of nitrogens with zero attached hydrogens (tertiary/aromatic N) is 1. The van der Waals surface area contributed by atoms with Crippen molar-refractivity contribution in [2.24, 2.45) is 5.73 Å². The van der Waals surface area contributed by atoms with Crippen molar-refractivity contribution in [3.05, 3.63) is 41.0 Å². The Labute approximate surface area is 123 Å². The van der Waals surface area contributed by atoms with Crippen molar-refractivity contribution in [1.82, 2.24) is 4.98 Å². The molecule has 0 aliphatic carbocycles. The highest BCUT2D eigenvalue weighted by Crippen LogP contribution is 2.32. The molecule has 1 heterocycles. The van der Waals surface area contributed by atoms with E-state index in [-0.39, 0.29) is 0 Å². The zero-order valence-corrected chi connectivity index (χ0v) is 13.1. The second-order valence-corrected chi connectivity index (χ2v) is 6.99. The minimum absolute atomic E-state index is 0.509. The molecule has 0 aliphatic rings. The monoisotopic (exact) mass is 292 g/mol. The van der Waals surface area contributed by atoms with Crippen LogP contribution in [0.1, 0.15) is 31.0 Å². The van der Waals surface area contributed by atoms with Crippen LogP contribution in [0.3, 0.4) is 0 Å². The van der Waals surface area contributed by atoms with Crippen LogP contribution in [0.4, 0.5) is 0 Å². The van der Waals surface area contributed by atoms with Gasteiger partial charge in [-0.3, -0.25) is 0 Å². The first-order valence-electron chi connectivity index (χ1n) is 6.60.